The predicted molar refractivity (Wildman–Crippen MR) is 216 cm³/mol. The molecule has 0 N–H and O–H groups in total. The molecule has 0 aliphatic rings. The standard InChI is InChI=1S/C49H36N2/c1-4-15-37(16-5-1)40-19-12-14-36(32-40)35-50-48-25-11-10-24-46(48)47-34-42(28-31-49(47)50)39-26-29-44(30-27-39)51(43-21-8-3-9-22-43)45-23-13-20-41(33-45)38-17-6-2-7-18-38/h1-34H,35H2/i2D,3D,6D,7D,8D,9D,13D,17D,18D,20D,21D,22D,23D,26D,27D,29D,30D,33D. The highest BCUT2D eigenvalue weighted by atomic mass is 15.1. The Morgan fingerprint density at radius 3 is 1.86 bits per heavy atom. The Morgan fingerprint density at radius 1 is 0.412 bits per heavy atom. The third kappa shape index (κ3) is 5.98. The Morgan fingerprint density at radius 2 is 1.04 bits per heavy atom. The molecule has 51 heavy (non-hydrogen) atoms. The summed E-state index contributed by atoms with van der Waals surface area (Å²) in [4.78, 5) is 0.579. The lowest BCUT2D eigenvalue weighted by molar-refractivity contribution is 0.869. The molecule has 1 aromatic heterocycles. The first-order chi connectivity index (χ1) is 32.8. The second kappa shape index (κ2) is 13.3. The number of aromatic nitrogens is 1. The summed E-state index contributed by atoms with van der Waals surface area (Å²) in [5, 5.41) is 1.58. The van der Waals surface area contributed by atoms with E-state index in [2.05, 4.69) is 10.6 Å². The molecule has 0 atom stereocenters. The minimum absolute atomic E-state index is 0.177. The van der Waals surface area contributed by atoms with Crippen LogP contribution in [0.25, 0.3) is 55.2 Å². The number of fused-ring (bicyclic) bond motifs is 3. The fraction of sp³-hybridized carbons (Fsp3) is 0.0204. The van der Waals surface area contributed by atoms with Gasteiger partial charge in [-0.05, 0) is 99.5 Å². The summed E-state index contributed by atoms with van der Waals surface area (Å²) in [5.41, 5.74) is 0.961. The highest BCUT2D eigenvalue weighted by Gasteiger charge is 2.15. The highest BCUT2D eigenvalue weighted by molar-refractivity contribution is 6.09. The van der Waals surface area contributed by atoms with E-state index in [1.807, 2.05) is 78.9 Å². The summed E-state index contributed by atoms with van der Waals surface area (Å²) < 4.78 is 162. The summed E-state index contributed by atoms with van der Waals surface area (Å²) in [7, 11) is 0. The summed E-state index contributed by atoms with van der Waals surface area (Å²) in [5.74, 6) is 0. The number of benzene rings is 8. The first-order valence-corrected chi connectivity index (χ1v) is 16.1. The van der Waals surface area contributed by atoms with Gasteiger partial charge in [-0.1, -0.05) is 145 Å². The van der Waals surface area contributed by atoms with Crippen molar-refractivity contribution in [2.45, 2.75) is 6.54 Å². The van der Waals surface area contributed by atoms with Gasteiger partial charge >= 0.3 is 0 Å². The van der Waals surface area contributed by atoms with Gasteiger partial charge in [0.25, 0.3) is 0 Å². The van der Waals surface area contributed by atoms with Gasteiger partial charge in [0.05, 0.1) is 24.7 Å². The molecule has 0 radical (unpaired) electrons. The lowest BCUT2D eigenvalue weighted by atomic mass is 10.0. The summed E-state index contributed by atoms with van der Waals surface area (Å²) in [6.07, 6.45) is 0. The number of nitrogens with zero attached hydrogens (tertiary/aromatic N) is 2. The van der Waals surface area contributed by atoms with Crippen molar-refractivity contribution < 1.29 is 24.7 Å². The Kier molecular flexibility index (Phi) is 4.41. The third-order valence-corrected chi connectivity index (χ3v) is 8.57. The van der Waals surface area contributed by atoms with Crippen molar-refractivity contribution in [1.29, 1.82) is 0 Å². The summed E-state index contributed by atoms with van der Waals surface area (Å²) in [6, 6.07) is 15.4. The summed E-state index contributed by atoms with van der Waals surface area (Å²) >= 11 is 0. The molecule has 0 unspecified atom stereocenters. The average Bonchev–Trinajstić information content (AvgIpc) is 3.66. The summed E-state index contributed by atoms with van der Waals surface area (Å²) in [6.45, 7) is 0.488. The third-order valence-electron chi connectivity index (χ3n) is 8.57. The van der Waals surface area contributed by atoms with Gasteiger partial charge in [0.2, 0.25) is 0 Å². The van der Waals surface area contributed by atoms with Crippen LogP contribution < -0.4 is 4.90 Å². The Balaban J connectivity index is 1.28. The van der Waals surface area contributed by atoms with Gasteiger partial charge in [-0.15, -0.1) is 0 Å². The maximum Gasteiger partial charge on any atom is 0.0651 e. The van der Waals surface area contributed by atoms with E-state index in [4.69, 9.17) is 17.8 Å². The molecule has 1 heterocycles. The first-order valence-electron chi connectivity index (χ1n) is 25.1. The van der Waals surface area contributed by atoms with Gasteiger partial charge in [0.15, 0.2) is 0 Å². The number of hydrogen-bond donors (Lipinski definition) is 0. The van der Waals surface area contributed by atoms with Crippen LogP contribution in [-0.4, -0.2) is 4.57 Å². The van der Waals surface area contributed by atoms with E-state index in [0.717, 1.165) is 38.5 Å². The highest BCUT2D eigenvalue weighted by Crippen LogP contribution is 2.38. The van der Waals surface area contributed by atoms with Gasteiger partial charge in [0.1, 0.15) is 0 Å². The second-order valence-corrected chi connectivity index (χ2v) is 11.7. The van der Waals surface area contributed by atoms with Gasteiger partial charge in [0, 0.05) is 45.4 Å². The van der Waals surface area contributed by atoms with Crippen LogP contribution in [0, 0.1) is 0 Å². The molecular formula is C49H36N2. The maximum atomic E-state index is 9.52. The van der Waals surface area contributed by atoms with Crippen LogP contribution in [-0.2, 0) is 6.54 Å². The monoisotopic (exact) mass is 670 g/mol. The van der Waals surface area contributed by atoms with Crippen LogP contribution in [0.4, 0.5) is 17.1 Å². The zero-order valence-corrected chi connectivity index (χ0v) is 26.8. The fourth-order valence-corrected chi connectivity index (χ4v) is 6.24. The lowest BCUT2D eigenvalue weighted by Crippen LogP contribution is -2.09. The van der Waals surface area contributed by atoms with Crippen molar-refractivity contribution in [2.24, 2.45) is 0 Å². The molecule has 8 aromatic carbocycles. The average molecular weight is 671 g/mol. The molecular weight excluding hydrogens is 617 g/mol. The van der Waals surface area contributed by atoms with E-state index < -0.39 is 137 Å². The Labute approximate surface area is 324 Å². The minimum Gasteiger partial charge on any atom is -0.336 e. The predicted octanol–water partition coefficient (Wildman–Crippen LogP) is 13.3. The van der Waals surface area contributed by atoms with Crippen molar-refractivity contribution in [2.75, 3.05) is 4.90 Å². The van der Waals surface area contributed by atoms with E-state index in [0.29, 0.717) is 11.4 Å². The van der Waals surface area contributed by atoms with E-state index in [-0.39, 0.29) is 11.1 Å². The van der Waals surface area contributed by atoms with Crippen LogP contribution in [0.1, 0.15) is 30.2 Å². The fourth-order valence-electron chi connectivity index (χ4n) is 6.24. The lowest BCUT2D eigenvalue weighted by Gasteiger charge is -2.26. The van der Waals surface area contributed by atoms with Gasteiger partial charge in [-0.3, -0.25) is 0 Å². The van der Waals surface area contributed by atoms with Crippen molar-refractivity contribution in [3.63, 3.8) is 0 Å². The molecule has 2 heteroatoms. The molecule has 0 saturated carbocycles. The number of rotatable bonds is 8. The van der Waals surface area contributed by atoms with Crippen LogP contribution in [0.15, 0.2) is 206 Å². The van der Waals surface area contributed by atoms with Crippen LogP contribution in [0.2, 0.25) is 0 Å². The first kappa shape index (κ1) is 16.8. The van der Waals surface area contributed by atoms with E-state index in [1.54, 1.807) is 12.1 Å². The normalized spacial score (nSPS) is 16.2. The Bertz CT molecular complexity index is 3560. The van der Waals surface area contributed by atoms with Gasteiger partial charge in [-0.2, -0.15) is 0 Å². The van der Waals surface area contributed by atoms with Crippen molar-refractivity contribution >= 4 is 38.9 Å². The van der Waals surface area contributed by atoms with Crippen LogP contribution in [0.3, 0.4) is 0 Å². The molecule has 9 aromatic rings. The quantitative estimate of drug-likeness (QED) is 0.156. The van der Waals surface area contributed by atoms with E-state index >= 15 is 0 Å². The molecule has 0 saturated heterocycles. The smallest absolute Gasteiger partial charge is 0.0651 e. The second-order valence-electron chi connectivity index (χ2n) is 11.7. The maximum absolute atomic E-state index is 9.52. The van der Waals surface area contributed by atoms with Gasteiger partial charge < -0.3 is 9.47 Å². The zero-order valence-electron chi connectivity index (χ0n) is 44.8. The number of anilines is 3. The molecule has 0 aliphatic heterocycles. The molecule has 0 bridgehead atoms. The van der Waals surface area contributed by atoms with Crippen molar-refractivity contribution in [1.82, 2.24) is 4.57 Å². The van der Waals surface area contributed by atoms with Crippen molar-refractivity contribution in [3.8, 4) is 33.4 Å². The SMILES string of the molecule is [2H]c1c([2H])c([2H])c(-c2c([2H])c([2H])c([2H])c(N(c3c([2H])c([2H])c([2H])c([2H])c3[2H])c3c([2H])c([2H])c(-c4ccc5c(c4)c4ccccc4n5Cc4cccc(-c5ccccc5)c4)c([2H])c3[2H])c2[2H])c([2H])c1[2H]. The largest absolute Gasteiger partial charge is 0.336 e. The topological polar surface area (TPSA) is 8.17 Å². The molecule has 242 valence electrons. The molecule has 0 amide bonds. The number of para-hydroxylation sites is 2. The molecule has 0 fully saturated rings. The molecule has 2 nitrogen and oxygen atoms in total. The Hall–Kier alpha value is -6.64. The molecule has 9 rings (SSSR count). The number of hydrogen-bond acceptors (Lipinski definition) is 1. The van der Waals surface area contributed by atoms with Crippen molar-refractivity contribution in [3.05, 3.63) is 211 Å². The van der Waals surface area contributed by atoms with Crippen LogP contribution in [0.5, 0.6) is 0 Å². The zero-order chi connectivity index (χ0) is 49.7. The van der Waals surface area contributed by atoms with E-state index in [9.17, 15) is 6.85 Å². The van der Waals surface area contributed by atoms with Crippen LogP contribution >= 0.6 is 0 Å². The molecule has 0 spiro atoms. The van der Waals surface area contributed by atoms with E-state index in [1.165, 1.54) is 0 Å². The molecule has 0 aliphatic carbocycles. The minimum atomic E-state index is -0.999. The van der Waals surface area contributed by atoms with Gasteiger partial charge in [-0.25, -0.2) is 0 Å².